The summed E-state index contributed by atoms with van der Waals surface area (Å²) in [7, 11) is 3.33. The first-order valence-corrected chi connectivity index (χ1v) is 11.6. The van der Waals surface area contributed by atoms with Crippen molar-refractivity contribution in [3.05, 3.63) is 70.1 Å². The van der Waals surface area contributed by atoms with Gasteiger partial charge in [0.15, 0.2) is 17.3 Å². The van der Waals surface area contributed by atoms with Crippen LogP contribution in [0.3, 0.4) is 0 Å². The van der Waals surface area contributed by atoms with Crippen LogP contribution in [0.25, 0.3) is 11.4 Å². The maximum atomic E-state index is 12.6. The van der Waals surface area contributed by atoms with Crippen LogP contribution in [0.4, 0.5) is 0 Å². The van der Waals surface area contributed by atoms with Gasteiger partial charge in [-0.15, -0.1) is 10.2 Å². The van der Waals surface area contributed by atoms with Crippen LogP contribution in [-0.4, -0.2) is 46.8 Å². The van der Waals surface area contributed by atoms with Gasteiger partial charge in [0.25, 0.3) is 5.56 Å². The number of rotatable bonds is 10. The number of ether oxygens (including phenoxy) is 2. The van der Waals surface area contributed by atoms with E-state index < -0.39 is 0 Å². The molecule has 0 atom stereocenters. The Kier molecular flexibility index (Phi) is 7.57. The Hall–Kier alpha value is -3.68. The smallest absolute Gasteiger partial charge is 0.273 e. The summed E-state index contributed by atoms with van der Waals surface area (Å²) in [6.07, 6.45) is 4.08. The third-order valence-corrected chi connectivity index (χ3v) is 6.17. The minimum Gasteiger partial charge on any atom is -0.493 e. The number of hydrogen-bond donors (Lipinski definition) is 1. The van der Waals surface area contributed by atoms with Gasteiger partial charge in [0, 0.05) is 32.0 Å². The number of benzene rings is 2. The van der Waals surface area contributed by atoms with Crippen molar-refractivity contribution in [3.8, 4) is 22.9 Å². The number of amides is 1. The van der Waals surface area contributed by atoms with Gasteiger partial charge >= 0.3 is 0 Å². The molecule has 1 aromatic heterocycles. The zero-order valence-corrected chi connectivity index (χ0v) is 19.6. The van der Waals surface area contributed by atoms with Gasteiger partial charge in [-0.05, 0) is 42.5 Å². The number of nitrogens with zero attached hydrogens (tertiary/aromatic N) is 3. The first kappa shape index (κ1) is 23.5. The number of carbonyl (C=O) groups is 1. The van der Waals surface area contributed by atoms with Gasteiger partial charge < -0.3 is 19.4 Å². The van der Waals surface area contributed by atoms with E-state index in [0.29, 0.717) is 42.0 Å². The van der Waals surface area contributed by atoms with Crippen molar-refractivity contribution in [1.29, 1.82) is 0 Å². The van der Waals surface area contributed by atoms with E-state index in [1.165, 1.54) is 19.3 Å². The van der Waals surface area contributed by atoms with Gasteiger partial charge in [-0.1, -0.05) is 36.8 Å². The van der Waals surface area contributed by atoms with Crippen molar-refractivity contribution in [2.45, 2.75) is 38.6 Å². The fourth-order valence-electron chi connectivity index (χ4n) is 3.82. The summed E-state index contributed by atoms with van der Waals surface area (Å²) in [5.41, 5.74) is 1.60. The topological polar surface area (TPSA) is 97.4 Å². The van der Waals surface area contributed by atoms with Crippen molar-refractivity contribution < 1.29 is 14.3 Å². The van der Waals surface area contributed by atoms with Crippen molar-refractivity contribution in [2.75, 3.05) is 20.8 Å². The third kappa shape index (κ3) is 5.81. The Balaban J connectivity index is 1.37. The van der Waals surface area contributed by atoms with Crippen LogP contribution in [0.2, 0.25) is 0 Å². The Morgan fingerprint density at radius 1 is 1.12 bits per heavy atom. The maximum Gasteiger partial charge on any atom is 0.273 e. The summed E-state index contributed by atoms with van der Waals surface area (Å²) in [6.45, 7) is 1.20. The van der Waals surface area contributed by atoms with E-state index in [-0.39, 0.29) is 30.0 Å². The zero-order valence-electron chi connectivity index (χ0n) is 19.6. The average molecular weight is 463 g/mol. The second-order valence-corrected chi connectivity index (χ2v) is 8.66. The third-order valence-electron chi connectivity index (χ3n) is 6.17. The molecule has 1 N–H and O–H groups in total. The number of H-pyrrole nitrogens is 1. The Labute approximate surface area is 198 Å². The zero-order chi connectivity index (χ0) is 23.9. The molecule has 1 fully saturated rings. The second-order valence-electron chi connectivity index (χ2n) is 8.66. The molecule has 1 aliphatic rings. The molecule has 0 radical (unpaired) electrons. The quantitative estimate of drug-likeness (QED) is 0.494. The number of methoxy groups -OCH3 is 1. The molecule has 0 bridgehead atoms. The highest BCUT2D eigenvalue weighted by Crippen LogP contribution is 2.33. The number of aromatic amines is 1. The normalized spacial score (nSPS) is 13.2. The predicted molar refractivity (Wildman–Crippen MR) is 129 cm³/mol. The lowest BCUT2D eigenvalue weighted by molar-refractivity contribution is -0.130. The number of nitrogens with one attached hydrogen (secondary N) is 1. The van der Waals surface area contributed by atoms with Gasteiger partial charge in [-0.2, -0.15) is 0 Å². The molecule has 0 saturated heterocycles. The van der Waals surface area contributed by atoms with E-state index in [0.717, 1.165) is 5.56 Å². The number of aryl methyl sites for hydroxylation is 1. The number of aromatic nitrogens is 3. The molecule has 1 aliphatic carbocycles. The fraction of sp³-hybridized carbons (Fsp3) is 0.385. The highest BCUT2D eigenvalue weighted by atomic mass is 16.5. The highest BCUT2D eigenvalue weighted by molar-refractivity contribution is 5.76. The molecule has 1 amide bonds. The van der Waals surface area contributed by atoms with Crippen molar-refractivity contribution in [3.63, 3.8) is 0 Å². The van der Waals surface area contributed by atoms with E-state index >= 15 is 0 Å². The maximum absolute atomic E-state index is 12.6. The lowest BCUT2D eigenvalue weighted by Crippen LogP contribution is -2.27. The highest BCUT2D eigenvalue weighted by Gasteiger charge is 2.19. The molecule has 34 heavy (non-hydrogen) atoms. The van der Waals surface area contributed by atoms with E-state index in [2.05, 4.69) is 15.2 Å². The number of carbonyl (C=O) groups excluding carboxylic acids is 1. The summed E-state index contributed by atoms with van der Waals surface area (Å²) in [6, 6.07) is 15.2. The molecule has 0 spiro atoms. The minimum absolute atomic E-state index is 0.0589. The number of hydrogen-bond acceptors (Lipinski definition) is 6. The molecular weight excluding hydrogens is 432 g/mol. The standard InChI is InChI=1S/C26H30N4O4/c1-30(16-18-7-4-3-5-8-18)24(31)14-12-21-26(32)27-25(29-28-21)20-11-13-22(23(15-20)33-2)34-17-19-9-6-10-19/h3-5,7-8,11,13,15,19H,6,9-10,12,14,16-17H2,1-2H3,(H,27,29,32). The van der Waals surface area contributed by atoms with Crippen LogP contribution >= 0.6 is 0 Å². The fourth-order valence-corrected chi connectivity index (χ4v) is 3.82. The largest absolute Gasteiger partial charge is 0.493 e. The minimum atomic E-state index is -0.354. The van der Waals surface area contributed by atoms with Crippen LogP contribution < -0.4 is 15.0 Å². The van der Waals surface area contributed by atoms with E-state index in [4.69, 9.17) is 9.47 Å². The molecule has 8 heteroatoms. The van der Waals surface area contributed by atoms with Crippen LogP contribution in [0.1, 0.15) is 36.9 Å². The molecule has 0 unspecified atom stereocenters. The molecule has 4 rings (SSSR count). The van der Waals surface area contributed by atoms with E-state index in [9.17, 15) is 9.59 Å². The van der Waals surface area contributed by atoms with Crippen molar-refractivity contribution in [1.82, 2.24) is 20.1 Å². The molecule has 178 valence electrons. The SMILES string of the molecule is COc1cc(-c2nnc(CCC(=O)N(C)Cc3ccccc3)c(=O)[nH]2)ccc1OCC1CCC1. The molecule has 2 aromatic carbocycles. The summed E-state index contributed by atoms with van der Waals surface area (Å²) in [4.78, 5) is 29.5. The van der Waals surface area contributed by atoms with Gasteiger partial charge in [0.1, 0.15) is 5.69 Å². The van der Waals surface area contributed by atoms with Crippen molar-refractivity contribution in [2.24, 2.45) is 5.92 Å². The molecule has 0 aliphatic heterocycles. The van der Waals surface area contributed by atoms with Gasteiger partial charge in [-0.25, -0.2) is 0 Å². The van der Waals surface area contributed by atoms with E-state index in [1.807, 2.05) is 42.5 Å². The summed E-state index contributed by atoms with van der Waals surface area (Å²) >= 11 is 0. The van der Waals surface area contributed by atoms with E-state index in [1.54, 1.807) is 25.1 Å². The predicted octanol–water partition coefficient (Wildman–Crippen LogP) is 3.61. The summed E-state index contributed by atoms with van der Waals surface area (Å²) in [5.74, 6) is 2.14. The molecule has 1 heterocycles. The Morgan fingerprint density at radius 2 is 1.91 bits per heavy atom. The monoisotopic (exact) mass is 462 g/mol. The average Bonchev–Trinajstić information content (AvgIpc) is 2.82. The lowest BCUT2D eigenvalue weighted by Gasteiger charge is -2.25. The van der Waals surface area contributed by atoms with Crippen LogP contribution in [0.5, 0.6) is 11.5 Å². The molecule has 3 aromatic rings. The van der Waals surface area contributed by atoms with Crippen LogP contribution in [0, 0.1) is 5.92 Å². The van der Waals surface area contributed by atoms with Gasteiger partial charge in [0.05, 0.1) is 13.7 Å². The van der Waals surface area contributed by atoms with Gasteiger partial charge in [-0.3, -0.25) is 9.59 Å². The molecule has 8 nitrogen and oxygen atoms in total. The first-order valence-electron chi connectivity index (χ1n) is 11.6. The lowest BCUT2D eigenvalue weighted by atomic mass is 9.86. The molecular formula is C26H30N4O4. The summed E-state index contributed by atoms with van der Waals surface area (Å²) < 4.78 is 11.4. The first-order chi connectivity index (χ1) is 16.5. The summed E-state index contributed by atoms with van der Waals surface area (Å²) in [5, 5.41) is 8.26. The Bertz CT molecular complexity index is 1170. The van der Waals surface area contributed by atoms with Gasteiger partial charge in [0.2, 0.25) is 5.91 Å². The molecule has 1 saturated carbocycles. The Morgan fingerprint density at radius 3 is 2.59 bits per heavy atom. The van der Waals surface area contributed by atoms with Crippen molar-refractivity contribution >= 4 is 5.91 Å². The van der Waals surface area contributed by atoms with Crippen LogP contribution in [0.15, 0.2) is 53.3 Å². The van der Waals surface area contributed by atoms with Crippen LogP contribution in [-0.2, 0) is 17.8 Å². The second kappa shape index (κ2) is 11.0.